The first kappa shape index (κ1) is 12.9. The molecule has 0 fully saturated rings. The zero-order valence-corrected chi connectivity index (χ0v) is 10.2. The van der Waals surface area contributed by atoms with Crippen LogP contribution in [-0.4, -0.2) is 5.11 Å². The quantitative estimate of drug-likeness (QED) is 0.883. The van der Waals surface area contributed by atoms with Crippen molar-refractivity contribution in [2.45, 2.75) is 13.0 Å². The molecule has 4 heteroatoms. The van der Waals surface area contributed by atoms with Crippen molar-refractivity contribution >= 4 is 5.69 Å². The third-order valence-electron chi connectivity index (χ3n) is 2.79. The van der Waals surface area contributed by atoms with Crippen molar-refractivity contribution in [2.75, 3.05) is 5.32 Å². The Balaban J connectivity index is 2.02. The molecule has 0 saturated carbocycles. The molecule has 19 heavy (non-hydrogen) atoms. The maximum Gasteiger partial charge on any atom is 0.165 e. The predicted octanol–water partition coefficient (Wildman–Crippen LogP) is 3.21. The summed E-state index contributed by atoms with van der Waals surface area (Å²) in [6.45, 7) is 0.335. The fraction of sp³-hybridized carbons (Fsp3) is 0.133. The number of nitriles is 1. The van der Waals surface area contributed by atoms with Gasteiger partial charge in [0.2, 0.25) is 0 Å². The molecule has 0 aliphatic heterocycles. The van der Waals surface area contributed by atoms with E-state index in [1.165, 1.54) is 6.07 Å². The summed E-state index contributed by atoms with van der Waals surface area (Å²) in [6.07, 6.45) is 0.380. The second-order valence-electron chi connectivity index (χ2n) is 4.13. The second-order valence-corrected chi connectivity index (χ2v) is 4.13. The molecule has 0 spiro atoms. The third kappa shape index (κ3) is 3.23. The molecule has 3 nitrogen and oxygen atoms in total. The number of rotatable bonds is 4. The predicted molar refractivity (Wildman–Crippen MR) is 71.2 cm³/mol. The normalized spacial score (nSPS) is 9.89. The highest BCUT2D eigenvalue weighted by molar-refractivity contribution is 5.46. The van der Waals surface area contributed by atoms with E-state index in [1.54, 1.807) is 12.1 Å². The number of halogens is 1. The van der Waals surface area contributed by atoms with Crippen molar-refractivity contribution in [3.63, 3.8) is 0 Å². The van der Waals surface area contributed by atoms with Crippen LogP contribution in [0.5, 0.6) is 5.75 Å². The van der Waals surface area contributed by atoms with Crippen LogP contribution in [0.4, 0.5) is 10.1 Å². The first-order valence-corrected chi connectivity index (χ1v) is 5.87. The topological polar surface area (TPSA) is 56.0 Å². The van der Waals surface area contributed by atoms with E-state index in [0.717, 1.165) is 11.3 Å². The molecule has 2 aromatic rings. The van der Waals surface area contributed by atoms with Crippen LogP contribution in [0.25, 0.3) is 0 Å². The molecule has 0 aliphatic carbocycles. The van der Waals surface area contributed by atoms with Crippen LogP contribution in [0.15, 0.2) is 42.5 Å². The molecule has 0 heterocycles. The van der Waals surface area contributed by atoms with E-state index >= 15 is 0 Å². The lowest BCUT2D eigenvalue weighted by atomic mass is 10.1. The van der Waals surface area contributed by atoms with Crippen molar-refractivity contribution in [1.29, 1.82) is 5.26 Å². The Morgan fingerprint density at radius 1 is 1.16 bits per heavy atom. The Hall–Kier alpha value is -2.54. The van der Waals surface area contributed by atoms with Crippen LogP contribution in [0.3, 0.4) is 0 Å². The lowest BCUT2D eigenvalue weighted by Crippen LogP contribution is -2.00. The molecular formula is C15H13FN2O. The summed E-state index contributed by atoms with van der Waals surface area (Å²) in [5, 5.41) is 21.2. The molecule has 0 aromatic heterocycles. The van der Waals surface area contributed by atoms with Crippen LogP contribution in [0.1, 0.15) is 11.1 Å². The second kappa shape index (κ2) is 5.87. The number of anilines is 1. The summed E-state index contributed by atoms with van der Waals surface area (Å²) in [5.41, 5.74) is 2.30. The van der Waals surface area contributed by atoms with Gasteiger partial charge in [0.1, 0.15) is 0 Å². The van der Waals surface area contributed by atoms with Crippen LogP contribution >= 0.6 is 0 Å². The van der Waals surface area contributed by atoms with Gasteiger partial charge in [-0.15, -0.1) is 0 Å². The van der Waals surface area contributed by atoms with E-state index in [1.807, 2.05) is 24.3 Å². The summed E-state index contributed by atoms with van der Waals surface area (Å²) < 4.78 is 13.1. The van der Waals surface area contributed by atoms with E-state index in [9.17, 15) is 9.50 Å². The van der Waals surface area contributed by atoms with Crippen LogP contribution in [-0.2, 0) is 13.0 Å². The number of aromatic hydroxyl groups is 1. The minimum Gasteiger partial charge on any atom is -0.505 e. The van der Waals surface area contributed by atoms with Gasteiger partial charge in [0, 0.05) is 17.8 Å². The Kier molecular flexibility index (Phi) is 3.99. The van der Waals surface area contributed by atoms with Gasteiger partial charge in [-0.25, -0.2) is 4.39 Å². The van der Waals surface area contributed by atoms with Crippen LogP contribution in [0, 0.1) is 17.1 Å². The van der Waals surface area contributed by atoms with Gasteiger partial charge in [-0.05, 0) is 23.8 Å². The number of phenols is 1. The van der Waals surface area contributed by atoms with Crippen LogP contribution in [0.2, 0.25) is 0 Å². The van der Waals surface area contributed by atoms with E-state index in [-0.39, 0.29) is 5.75 Å². The minimum atomic E-state index is -0.622. The van der Waals surface area contributed by atoms with Gasteiger partial charge in [-0.2, -0.15) is 5.26 Å². The first-order valence-electron chi connectivity index (χ1n) is 5.87. The van der Waals surface area contributed by atoms with Gasteiger partial charge in [0.25, 0.3) is 0 Å². The smallest absolute Gasteiger partial charge is 0.165 e. The molecule has 2 rings (SSSR count). The largest absolute Gasteiger partial charge is 0.505 e. The van der Waals surface area contributed by atoms with Gasteiger partial charge in [-0.3, -0.25) is 0 Å². The summed E-state index contributed by atoms with van der Waals surface area (Å²) in [7, 11) is 0. The van der Waals surface area contributed by atoms with Crippen molar-refractivity contribution in [2.24, 2.45) is 0 Å². The molecule has 0 unspecified atom stereocenters. The summed E-state index contributed by atoms with van der Waals surface area (Å²) >= 11 is 0. The molecule has 96 valence electrons. The Morgan fingerprint density at radius 2 is 1.89 bits per heavy atom. The Labute approximate surface area is 110 Å². The molecule has 0 bridgehead atoms. The highest BCUT2D eigenvalue weighted by Crippen LogP contribution is 2.21. The van der Waals surface area contributed by atoms with E-state index in [0.29, 0.717) is 18.5 Å². The third-order valence-corrected chi connectivity index (χ3v) is 2.79. The first-order chi connectivity index (χ1) is 9.20. The Morgan fingerprint density at radius 3 is 2.58 bits per heavy atom. The lowest BCUT2D eigenvalue weighted by molar-refractivity contribution is 0.427. The van der Waals surface area contributed by atoms with Gasteiger partial charge in [0.05, 0.1) is 12.5 Å². The van der Waals surface area contributed by atoms with E-state index < -0.39 is 5.82 Å². The van der Waals surface area contributed by atoms with Gasteiger partial charge in [-0.1, -0.05) is 24.3 Å². The highest BCUT2D eigenvalue weighted by Gasteiger charge is 2.05. The van der Waals surface area contributed by atoms with Crippen LogP contribution < -0.4 is 5.32 Å². The van der Waals surface area contributed by atoms with E-state index in [2.05, 4.69) is 11.4 Å². The van der Waals surface area contributed by atoms with Gasteiger partial charge < -0.3 is 10.4 Å². The average molecular weight is 256 g/mol. The zero-order valence-electron chi connectivity index (χ0n) is 10.2. The number of benzene rings is 2. The van der Waals surface area contributed by atoms with Crippen molar-refractivity contribution in [1.82, 2.24) is 0 Å². The minimum absolute atomic E-state index is 0.323. The molecular weight excluding hydrogens is 243 g/mol. The summed E-state index contributed by atoms with van der Waals surface area (Å²) in [4.78, 5) is 0. The number of hydrogen-bond acceptors (Lipinski definition) is 3. The van der Waals surface area contributed by atoms with Gasteiger partial charge in [0.15, 0.2) is 11.6 Å². The average Bonchev–Trinajstić information content (AvgIpc) is 2.42. The number of para-hydroxylation sites is 1. The summed E-state index contributed by atoms with van der Waals surface area (Å²) in [5.74, 6) is -0.945. The highest BCUT2D eigenvalue weighted by atomic mass is 19.1. The monoisotopic (exact) mass is 256 g/mol. The fourth-order valence-corrected chi connectivity index (χ4v) is 1.73. The number of hydrogen-bond donors (Lipinski definition) is 2. The Bertz CT molecular complexity index is 603. The molecule has 0 amide bonds. The molecule has 2 aromatic carbocycles. The van der Waals surface area contributed by atoms with Gasteiger partial charge >= 0.3 is 0 Å². The number of nitrogens with zero attached hydrogens (tertiary/aromatic N) is 1. The number of phenolic OH excluding ortho intramolecular Hbond substituents is 1. The molecule has 0 saturated heterocycles. The standard InChI is InChI=1S/C15H13FN2O/c16-14-3-1-2-12(15(14)19)10-18-13-6-4-11(5-7-13)8-9-17/h1-7,18-19H,8,10H2. The van der Waals surface area contributed by atoms with Crippen molar-refractivity contribution < 1.29 is 9.50 Å². The number of nitrogens with one attached hydrogen (secondary N) is 1. The SMILES string of the molecule is N#CCc1ccc(NCc2cccc(F)c2O)cc1. The maximum atomic E-state index is 13.1. The molecule has 0 radical (unpaired) electrons. The van der Waals surface area contributed by atoms with Crippen molar-refractivity contribution in [3.05, 3.63) is 59.4 Å². The molecule has 0 aliphatic rings. The fourth-order valence-electron chi connectivity index (χ4n) is 1.73. The molecule has 0 atom stereocenters. The molecule has 2 N–H and O–H groups in total. The maximum absolute atomic E-state index is 13.1. The lowest BCUT2D eigenvalue weighted by Gasteiger charge is -2.09. The van der Waals surface area contributed by atoms with Crippen molar-refractivity contribution in [3.8, 4) is 11.8 Å². The summed E-state index contributed by atoms with van der Waals surface area (Å²) in [6, 6.07) is 13.9. The zero-order chi connectivity index (χ0) is 13.7. The van der Waals surface area contributed by atoms with E-state index in [4.69, 9.17) is 5.26 Å².